The van der Waals surface area contributed by atoms with Gasteiger partial charge in [0.1, 0.15) is 0 Å². The van der Waals surface area contributed by atoms with E-state index < -0.39 is 0 Å². The van der Waals surface area contributed by atoms with Crippen molar-refractivity contribution >= 4 is 11.7 Å². The van der Waals surface area contributed by atoms with Crippen molar-refractivity contribution in [2.24, 2.45) is 0 Å². The molecule has 122 valence electrons. The van der Waals surface area contributed by atoms with Crippen molar-refractivity contribution in [3.05, 3.63) is 12.1 Å². The van der Waals surface area contributed by atoms with Crippen LogP contribution in [0.15, 0.2) is 12.1 Å². The predicted molar refractivity (Wildman–Crippen MR) is 82.1 cm³/mol. The van der Waals surface area contributed by atoms with Crippen LogP contribution in [-0.2, 0) is 4.74 Å². The Balaban J connectivity index is 2.16. The summed E-state index contributed by atoms with van der Waals surface area (Å²) >= 11 is 0. The van der Waals surface area contributed by atoms with Crippen molar-refractivity contribution in [1.29, 1.82) is 0 Å². The molecule has 2 rings (SSSR count). The van der Waals surface area contributed by atoms with Crippen LogP contribution in [0.3, 0.4) is 0 Å². The summed E-state index contributed by atoms with van der Waals surface area (Å²) in [5.41, 5.74) is 0.582. The normalized spacial score (nSPS) is 17.8. The summed E-state index contributed by atoms with van der Waals surface area (Å²) in [6.45, 7) is 3.62. The summed E-state index contributed by atoms with van der Waals surface area (Å²) in [5, 5.41) is 2.85. The van der Waals surface area contributed by atoms with Gasteiger partial charge >= 0.3 is 6.03 Å². The van der Waals surface area contributed by atoms with Crippen LogP contribution in [0.25, 0.3) is 0 Å². The Morgan fingerprint density at radius 1 is 1.23 bits per heavy atom. The second-order valence-electron chi connectivity index (χ2n) is 4.97. The van der Waals surface area contributed by atoms with Crippen LogP contribution >= 0.6 is 0 Å². The third-order valence-corrected chi connectivity index (χ3v) is 3.44. The Morgan fingerprint density at radius 2 is 1.86 bits per heavy atom. The lowest BCUT2D eigenvalue weighted by Gasteiger charge is -2.31. The van der Waals surface area contributed by atoms with E-state index in [0.29, 0.717) is 42.6 Å². The van der Waals surface area contributed by atoms with Gasteiger partial charge in [-0.15, -0.1) is 0 Å². The van der Waals surface area contributed by atoms with Crippen molar-refractivity contribution in [2.45, 2.75) is 13.0 Å². The predicted octanol–water partition coefficient (Wildman–Crippen LogP) is 1.96. The van der Waals surface area contributed by atoms with Gasteiger partial charge in [0.25, 0.3) is 0 Å². The molecule has 1 saturated heterocycles. The molecule has 1 fully saturated rings. The zero-order chi connectivity index (χ0) is 16.1. The van der Waals surface area contributed by atoms with Gasteiger partial charge in [-0.25, -0.2) is 4.79 Å². The first kappa shape index (κ1) is 16.2. The Kier molecular flexibility index (Phi) is 5.32. The molecule has 7 nitrogen and oxygen atoms in total. The zero-order valence-electron chi connectivity index (χ0n) is 13.3. The number of rotatable bonds is 4. The number of carbonyl (C=O) groups is 1. The van der Waals surface area contributed by atoms with Crippen molar-refractivity contribution in [2.75, 3.05) is 46.3 Å². The molecular weight excluding hydrogens is 288 g/mol. The Labute approximate surface area is 130 Å². The minimum atomic E-state index is -0.176. The van der Waals surface area contributed by atoms with Crippen LogP contribution in [0.1, 0.15) is 6.92 Å². The maximum Gasteiger partial charge on any atom is 0.322 e. The number of nitrogens with zero attached hydrogens (tertiary/aromatic N) is 1. The van der Waals surface area contributed by atoms with Crippen molar-refractivity contribution < 1.29 is 23.7 Å². The third kappa shape index (κ3) is 3.54. The molecule has 1 aromatic carbocycles. The fourth-order valence-electron chi connectivity index (χ4n) is 2.36. The molecule has 1 unspecified atom stereocenters. The number of urea groups is 1. The summed E-state index contributed by atoms with van der Waals surface area (Å²) in [7, 11) is 4.60. The lowest BCUT2D eigenvalue weighted by Crippen LogP contribution is -2.46. The van der Waals surface area contributed by atoms with Gasteiger partial charge in [0.05, 0.1) is 39.7 Å². The van der Waals surface area contributed by atoms with Gasteiger partial charge in [-0.2, -0.15) is 0 Å². The summed E-state index contributed by atoms with van der Waals surface area (Å²) in [4.78, 5) is 14.0. The first-order chi connectivity index (χ1) is 10.6. The van der Waals surface area contributed by atoms with E-state index in [1.165, 1.54) is 21.3 Å². The van der Waals surface area contributed by atoms with E-state index in [2.05, 4.69) is 5.32 Å². The highest BCUT2D eigenvalue weighted by molar-refractivity contribution is 5.90. The quantitative estimate of drug-likeness (QED) is 0.920. The number of ether oxygens (including phenoxy) is 4. The van der Waals surface area contributed by atoms with Gasteiger partial charge in [0.2, 0.25) is 5.75 Å². The fourth-order valence-corrected chi connectivity index (χ4v) is 2.36. The van der Waals surface area contributed by atoms with Gasteiger partial charge in [0.15, 0.2) is 11.5 Å². The van der Waals surface area contributed by atoms with E-state index in [4.69, 9.17) is 18.9 Å². The second-order valence-corrected chi connectivity index (χ2v) is 4.97. The molecule has 0 spiro atoms. The summed E-state index contributed by atoms with van der Waals surface area (Å²) in [6, 6.07) is 3.22. The lowest BCUT2D eigenvalue weighted by atomic mass is 10.2. The number of morpholine rings is 1. The lowest BCUT2D eigenvalue weighted by molar-refractivity contribution is -0.00138. The van der Waals surface area contributed by atoms with Gasteiger partial charge in [-0.1, -0.05) is 0 Å². The molecule has 1 aliphatic heterocycles. The van der Waals surface area contributed by atoms with E-state index in [9.17, 15) is 4.79 Å². The summed E-state index contributed by atoms with van der Waals surface area (Å²) in [6.07, 6.45) is 0.0411. The molecule has 1 aromatic rings. The number of anilines is 1. The molecule has 7 heteroatoms. The standard InChI is InChI=1S/C15H22N2O5/c1-10-9-17(5-6-22-10)15(18)16-11-7-12(19-2)14(21-4)13(8-11)20-3/h7-8,10H,5-6,9H2,1-4H3,(H,16,18). The fraction of sp³-hybridized carbons (Fsp3) is 0.533. The molecule has 1 aliphatic rings. The van der Waals surface area contributed by atoms with Crippen LogP contribution in [0.4, 0.5) is 10.5 Å². The molecule has 0 bridgehead atoms. The van der Waals surface area contributed by atoms with Crippen LogP contribution < -0.4 is 19.5 Å². The molecular formula is C15H22N2O5. The minimum absolute atomic E-state index is 0.0411. The van der Waals surface area contributed by atoms with Gasteiger partial charge in [0, 0.05) is 25.2 Å². The number of carbonyl (C=O) groups excluding carboxylic acids is 1. The summed E-state index contributed by atoms with van der Waals surface area (Å²) in [5.74, 6) is 1.47. The molecule has 1 N–H and O–H groups in total. The van der Waals surface area contributed by atoms with E-state index in [1.54, 1.807) is 17.0 Å². The zero-order valence-corrected chi connectivity index (χ0v) is 13.3. The largest absolute Gasteiger partial charge is 0.493 e. The van der Waals surface area contributed by atoms with Crippen molar-refractivity contribution in [3.8, 4) is 17.2 Å². The first-order valence-electron chi connectivity index (χ1n) is 7.06. The molecule has 0 aliphatic carbocycles. The average Bonchev–Trinajstić information content (AvgIpc) is 2.53. The number of hydrogen-bond donors (Lipinski definition) is 1. The van der Waals surface area contributed by atoms with Crippen LogP contribution in [0, 0.1) is 0 Å². The van der Waals surface area contributed by atoms with Gasteiger partial charge in [-0.3, -0.25) is 0 Å². The highest BCUT2D eigenvalue weighted by Gasteiger charge is 2.22. The smallest absolute Gasteiger partial charge is 0.322 e. The molecule has 0 saturated carbocycles. The second kappa shape index (κ2) is 7.22. The van der Waals surface area contributed by atoms with E-state index >= 15 is 0 Å². The molecule has 22 heavy (non-hydrogen) atoms. The highest BCUT2D eigenvalue weighted by atomic mass is 16.5. The average molecular weight is 310 g/mol. The van der Waals surface area contributed by atoms with Crippen LogP contribution in [-0.4, -0.2) is 58.1 Å². The van der Waals surface area contributed by atoms with Gasteiger partial charge in [-0.05, 0) is 6.92 Å². The van der Waals surface area contributed by atoms with Crippen LogP contribution in [0.2, 0.25) is 0 Å². The van der Waals surface area contributed by atoms with E-state index in [-0.39, 0.29) is 12.1 Å². The van der Waals surface area contributed by atoms with Gasteiger partial charge < -0.3 is 29.2 Å². The van der Waals surface area contributed by atoms with E-state index in [0.717, 1.165) is 0 Å². The first-order valence-corrected chi connectivity index (χ1v) is 7.06. The molecule has 0 radical (unpaired) electrons. The highest BCUT2D eigenvalue weighted by Crippen LogP contribution is 2.39. The number of methoxy groups -OCH3 is 3. The number of nitrogens with one attached hydrogen (secondary N) is 1. The molecule has 0 aromatic heterocycles. The Morgan fingerprint density at radius 3 is 2.36 bits per heavy atom. The van der Waals surface area contributed by atoms with Crippen molar-refractivity contribution in [1.82, 2.24) is 4.90 Å². The molecule has 1 atom stereocenters. The maximum atomic E-state index is 12.3. The Bertz CT molecular complexity index is 510. The SMILES string of the molecule is COc1cc(NC(=O)N2CCOC(C)C2)cc(OC)c1OC. The van der Waals surface area contributed by atoms with Crippen LogP contribution in [0.5, 0.6) is 17.2 Å². The van der Waals surface area contributed by atoms with Crippen molar-refractivity contribution in [3.63, 3.8) is 0 Å². The number of amides is 2. The third-order valence-electron chi connectivity index (χ3n) is 3.44. The molecule has 2 amide bonds. The topological polar surface area (TPSA) is 69.3 Å². The Hall–Kier alpha value is -2.15. The number of hydrogen-bond acceptors (Lipinski definition) is 5. The minimum Gasteiger partial charge on any atom is -0.493 e. The molecule has 1 heterocycles. The number of benzene rings is 1. The monoisotopic (exact) mass is 310 g/mol. The maximum absolute atomic E-state index is 12.3. The van der Waals surface area contributed by atoms with E-state index in [1.807, 2.05) is 6.92 Å². The summed E-state index contributed by atoms with van der Waals surface area (Å²) < 4.78 is 21.2.